The Bertz CT molecular complexity index is 255. The molecule has 0 aliphatic rings. The Morgan fingerprint density at radius 3 is 2.73 bits per heavy atom. The van der Waals surface area contributed by atoms with Crippen molar-refractivity contribution >= 4 is 11.6 Å². The molecule has 0 atom stereocenters. The van der Waals surface area contributed by atoms with Crippen LogP contribution in [-0.2, 0) is 0 Å². The number of hydrogen-bond acceptors (Lipinski definition) is 8. The van der Waals surface area contributed by atoms with Crippen LogP contribution in [0.5, 0.6) is 0 Å². The molecular weight excluding hydrogens is 154 g/mol. The molecule has 60 valence electrons. The van der Waals surface area contributed by atoms with Gasteiger partial charge in [0.2, 0.25) is 0 Å². The molecule has 1 heterocycles. The Hall–Kier alpha value is -1.54. The SMILES string of the molecule is C/N=N\c1nonc1N(O)O. The highest BCUT2D eigenvalue weighted by atomic mass is 16.8. The summed E-state index contributed by atoms with van der Waals surface area (Å²) in [5.74, 6) is -0.409. The molecule has 8 nitrogen and oxygen atoms in total. The number of rotatable bonds is 2. The summed E-state index contributed by atoms with van der Waals surface area (Å²) in [7, 11) is 1.40. The number of hydrogen-bond donors (Lipinski definition) is 2. The zero-order valence-corrected chi connectivity index (χ0v) is 5.54. The summed E-state index contributed by atoms with van der Waals surface area (Å²) >= 11 is 0. The molecule has 0 saturated carbocycles. The highest BCUT2D eigenvalue weighted by Crippen LogP contribution is 2.20. The molecule has 0 aliphatic carbocycles. The highest BCUT2D eigenvalue weighted by molar-refractivity contribution is 5.50. The van der Waals surface area contributed by atoms with Crippen LogP contribution in [0.1, 0.15) is 0 Å². The fourth-order valence-corrected chi connectivity index (χ4v) is 0.463. The summed E-state index contributed by atoms with van der Waals surface area (Å²) < 4.78 is 4.14. The molecule has 0 spiro atoms. The van der Waals surface area contributed by atoms with Gasteiger partial charge >= 0.3 is 0 Å². The molecular formula is C3H5N5O3. The van der Waals surface area contributed by atoms with Crippen molar-refractivity contribution in [1.29, 1.82) is 0 Å². The van der Waals surface area contributed by atoms with E-state index < -0.39 is 0 Å². The fraction of sp³-hybridized carbons (Fsp3) is 0.333. The first-order valence-electron chi connectivity index (χ1n) is 2.56. The molecule has 8 heteroatoms. The van der Waals surface area contributed by atoms with Crippen LogP contribution < -0.4 is 5.23 Å². The second-order valence-electron chi connectivity index (χ2n) is 1.50. The predicted molar refractivity (Wildman–Crippen MR) is 30.8 cm³/mol. The van der Waals surface area contributed by atoms with Gasteiger partial charge in [-0.05, 0) is 10.3 Å². The second kappa shape index (κ2) is 3.03. The van der Waals surface area contributed by atoms with Crippen molar-refractivity contribution in [3.63, 3.8) is 0 Å². The van der Waals surface area contributed by atoms with E-state index in [0.717, 1.165) is 0 Å². The molecule has 11 heavy (non-hydrogen) atoms. The van der Waals surface area contributed by atoms with Gasteiger partial charge in [0, 0.05) is 7.05 Å². The van der Waals surface area contributed by atoms with E-state index in [0.29, 0.717) is 0 Å². The summed E-state index contributed by atoms with van der Waals surface area (Å²) in [5, 5.41) is 29.7. The van der Waals surface area contributed by atoms with Crippen molar-refractivity contribution in [2.24, 2.45) is 10.2 Å². The lowest BCUT2D eigenvalue weighted by molar-refractivity contribution is 0.0252. The predicted octanol–water partition coefficient (Wildman–Crippen LogP) is 0.368. The molecule has 0 amide bonds. The van der Waals surface area contributed by atoms with Crippen LogP contribution in [0.4, 0.5) is 11.6 Å². The van der Waals surface area contributed by atoms with Gasteiger partial charge in [-0.2, -0.15) is 5.11 Å². The smallest absolute Gasteiger partial charge is 0.262 e. The first-order valence-corrected chi connectivity index (χ1v) is 2.56. The number of nitrogens with zero attached hydrogens (tertiary/aromatic N) is 5. The summed E-state index contributed by atoms with van der Waals surface area (Å²) in [6.45, 7) is 0. The minimum Gasteiger partial charge on any atom is -0.262 e. The molecule has 1 rings (SSSR count). The van der Waals surface area contributed by atoms with Crippen molar-refractivity contribution in [2.75, 3.05) is 12.3 Å². The number of azo groups is 1. The third-order valence-electron chi connectivity index (χ3n) is 0.839. The van der Waals surface area contributed by atoms with Crippen molar-refractivity contribution in [3.05, 3.63) is 0 Å². The van der Waals surface area contributed by atoms with Crippen molar-refractivity contribution in [1.82, 2.24) is 10.3 Å². The van der Waals surface area contributed by atoms with E-state index in [2.05, 4.69) is 25.2 Å². The lowest BCUT2D eigenvalue weighted by Gasteiger charge is -1.99. The number of aromatic nitrogens is 2. The normalized spacial score (nSPS) is 10.8. The maximum atomic E-state index is 8.44. The molecule has 0 aliphatic heterocycles. The van der Waals surface area contributed by atoms with Crippen LogP contribution in [0.15, 0.2) is 14.9 Å². The first-order chi connectivity index (χ1) is 5.25. The van der Waals surface area contributed by atoms with E-state index in [9.17, 15) is 0 Å². The van der Waals surface area contributed by atoms with Gasteiger partial charge in [-0.3, -0.25) is 10.4 Å². The van der Waals surface area contributed by atoms with Crippen LogP contribution >= 0.6 is 0 Å². The molecule has 0 aromatic carbocycles. The Balaban J connectivity index is 2.96. The summed E-state index contributed by atoms with van der Waals surface area (Å²) in [5.41, 5.74) is 0. The van der Waals surface area contributed by atoms with Gasteiger partial charge in [-0.1, -0.05) is 0 Å². The van der Waals surface area contributed by atoms with Gasteiger partial charge in [0.05, 0.1) is 0 Å². The Morgan fingerprint density at radius 2 is 2.18 bits per heavy atom. The van der Waals surface area contributed by atoms with Crippen LogP contribution in [0, 0.1) is 0 Å². The van der Waals surface area contributed by atoms with Gasteiger partial charge in [0.15, 0.2) is 0 Å². The third-order valence-corrected chi connectivity index (χ3v) is 0.839. The van der Waals surface area contributed by atoms with E-state index in [4.69, 9.17) is 10.4 Å². The topological polar surface area (TPSA) is 107 Å². The van der Waals surface area contributed by atoms with E-state index >= 15 is 0 Å². The summed E-state index contributed by atoms with van der Waals surface area (Å²) in [6, 6.07) is 0. The van der Waals surface area contributed by atoms with Gasteiger partial charge in [-0.15, -0.1) is 10.3 Å². The van der Waals surface area contributed by atoms with Crippen molar-refractivity contribution in [2.45, 2.75) is 0 Å². The van der Waals surface area contributed by atoms with Gasteiger partial charge in [-0.25, -0.2) is 4.63 Å². The highest BCUT2D eigenvalue weighted by Gasteiger charge is 2.13. The second-order valence-corrected chi connectivity index (χ2v) is 1.50. The molecule has 2 N–H and O–H groups in total. The minimum absolute atomic E-state index is 0.0995. The zero-order chi connectivity index (χ0) is 8.27. The molecule has 0 fully saturated rings. The lowest BCUT2D eigenvalue weighted by atomic mass is 10.7. The molecule has 0 bridgehead atoms. The zero-order valence-electron chi connectivity index (χ0n) is 5.54. The van der Waals surface area contributed by atoms with Crippen LogP contribution in [0.2, 0.25) is 0 Å². The first kappa shape index (κ1) is 7.57. The van der Waals surface area contributed by atoms with Gasteiger partial charge in [0.1, 0.15) is 0 Å². The van der Waals surface area contributed by atoms with E-state index in [1.807, 2.05) is 0 Å². The summed E-state index contributed by atoms with van der Waals surface area (Å²) in [6.07, 6.45) is 0. The van der Waals surface area contributed by atoms with Gasteiger partial charge < -0.3 is 0 Å². The molecule has 1 aromatic rings. The van der Waals surface area contributed by atoms with E-state index in [1.165, 1.54) is 7.05 Å². The van der Waals surface area contributed by atoms with E-state index in [-0.39, 0.29) is 16.9 Å². The Labute approximate surface area is 60.6 Å². The summed E-state index contributed by atoms with van der Waals surface area (Å²) in [4.78, 5) is 0. The molecule has 1 aromatic heterocycles. The molecule has 0 unspecified atom stereocenters. The van der Waals surface area contributed by atoms with Gasteiger partial charge in [0.25, 0.3) is 11.6 Å². The van der Waals surface area contributed by atoms with Crippen LogP contribution in [-0.4, -0.2) is 27.8 Å². The third kappa shape index (κ3) is 1.48. The molecule has 0 saturated heterocycles. The maximum absolute atomic E-state index is 8.44. The monoisotopic (exact) mass is 159 g/mol. The Morgan fingerprint density at radius 1 is 1.45 bits per heavy atom. The van der Waals surface area contributed by atoms with Crippen molar-refractivity contribution in [3.8, 4) is 0 Å². The number of anilines is 1. The fourth-order valence-electron chi connectivity index (χ4n) is 0.463. The maximum Gasteiger partial charge on any atom is 0.274 e. The largest absolute Gasteiger partial charge is 0.274 e. The lowest BCUT2D eigenvalue weighted by Crippen LogP contribution is -2.11. The van der Waals surface area contributed by atoms with Crippen molar-refractivity contribution < 1.29 is 15.0 Å². The van der Waals surface area contributed by atoms with Crippen LogP contribution in [0.3, 0.4) is 0 Å². The van der Waals surface area contributed by atoms with Crippen LogP contribution in [0.25, 0.3) is 0 Å². The molecule has 0 radical (unpaired) electrons. The average Bonchev–Trinajstić information content (AvgIpc) is 2.36. The average molecular weight is 159 g/mol. The van der Waals surface area contributed by atoms with E-state index in [1.54, 1.807) is 0 Å². The minimum atomic E-state index is -0.310. The standard InChI is InChI=1S/C3H5N5O3/c1-4-5-2-3(8(9)10)7-11-6-2/h9-10H,1H3/b5-4-. The Kier molecular flexibility index (Phi) is 2.09. The quantitative estimate of drug-likeness (QED) is 0.476.